The lowest BCUT2D eigenvalue weighted by Crippen LogP contribution is -2.06. The minimum absolute atomic E-state index is 0.191. The summed E-state index contributed by atoms with van der Waals surface area (Å²) in [7, 11) is 1.54. The van der Waals surface area contributed by atoms with Gasteiger partial charge in [-0.05, 0) is 35.9 Å². The van der Waals surface area contributed by atoms with E-state index in [1.165, 1.54) is 7.11 Å². The monoisotopic (exact) mass is 314 g/mol. The van der Waals surface area contributed by atoms with Gasteiger partial charge in [-0.25, -0.2) is 9.79 Å². The number of nitrogens with zero attached hydrogens (tertiary/aromatic N) is 2. The average Bonchev–Trinajstić information content (AvgIpc) is 2.89. The summed E-state index contributed by atoms with van der Waals surface area (Å²) in [5, 5.41) is 0.456. The third-order valence-electron chi connectivity index (χ3n) is 2.98. The van der Waals surface area contributed by atoms with E-state index in [9.17, 15) is 4.79 Å². The zero-order valence-electron chi connectivity index (χ0n) is 11.6. The van der Waals surface area contributed by atoms with E-state index in [2.05, 4.69) is 9.98 Å². The molecule has 110 valence electrons. The van der Waals surface area contributed by atoms with Crippen molar-refractivity contribution in [2.45, 2.75) is 0 Å². The average molecular weight is 315 g/mol. The van der Waals surface area contributed by atoms with Crippen LogP contribution in [0.15, 0.2) is 53.3 Å². The molecule has 1 aromatic heterocycles. The van der Waals surface area contributed by atoms with Crippen LogP contribution in [-0.2, 0) is 9.53 Å². The predicted octanol–water partition coefficient (Wildman–Crippen LogP) is 3.09. The van der Waals surface area contributed by atoms with E-state index in [1.807, 2.05) is 0 Å². The molecule has 0 atom stereocenters. The van der Waals surface area contributed by atoms with Gasteiger partial charge in [0.05, 0.1) is 12.1 Å². The van der Waals surface area contributed by atoms with E-state index >= 15 is 0 Å². The SMILES string of the molecule is COc1ccc(/C=C2/N=C(c3ccccn3)OC2=O)cc1Cl. The van der Waals surface area contributed by atoms with Gasteiger partial charge in [0.25, 0.3) is 0 Å². The number of cyclic esters (lactones) is 1. The first-order valence-electron chi connectivity index (χ1n) is 6.45. The van der Waals surface area contributed by atoms with Crippen molar-refractivity contribution in [1.29, 1.82) is 0 Å². The van der Waals surface area contributed by atoms with Gasteiger partial charge < -0.3 is 9.47 Å². The Hall–Kier alpha value is -2.66. The molecule has 0 amide bonds. The number of aliphatic imine (C=N–C) groups is 1. The summed E-state index contributed by atoms with van der Waals surface area (Å²) in [4.78, 5) is 20.2. The van der Waals surface area contributed by atoms with Crippen molar-refractivity contribution in [2.75, 3.05) is 7.11 Å². The molecule has 1 aliphatic heterocycles. The van der Waals surface area contributed by atoms with E-state index in [0.29, 0.717) is 16.5 Å². The van der Waals surface area contributed by atoms with Gasteiger partial charge in [0, 0.05) is 6.20 Å². The molecule has 0 saturated carbocycles. The Morgan fingerprint density at radius 1 is 1.27 bits per heavy atom. The number of benzene rings is 1. The highest BCUT2D eigenvalue weighted by Crippen LogP contribution is 2.27. The molecular weight excluding hydrogens is 304 g/mol. The molecular formula is C16H11ClN2O3. The standard InChI is InChI=1S/C16H11ClN2O3/c1-21-14-6-5-10(8-11(14)17)9-13-16(20)22-15(19-13)12-4-2-3-7-18-12/h2-9H,1H3/b13-9+. The smallest absolute Gasteiger partial charge is 0.363 e. The summed E-state index contributed by atoms with van der Waals surface area (Å²) in [5.41, 5.74) is 1.43. The maximum atomic E-state index is 11.9. The van der Waals surface area contributed by atoms with Crippen LogP contribution in [0.5, 0.6) is 5.75 Å². The van der Waals surface area contributed by atoms with Crippen molar-refractivity contribution >= 4 is 29.5 Å². The van der Waals surface area contributed by atoms with Crippen molar-refractivity contribution in [3.8, 4) is 5.75 Å². The number of ether oxygens (including phenoxy) is 2. The number of carbonyl (C=O) groups excluding carboxylic acids is 1. The van der Waals surface area contributed by atoms with E-state index < -0.39 is 5.97 Å². The van der Waals surface area contributed by atoms with Crippen molar-refractivity contribution < 1.29 is 14.3 Å². The minimum atomic E-state index is -0.521. The molecule has 22 heavy (non-hydrogen) atoms. The molecule has 0 aliphatic carbocycles. The van der Waals surface area contributed by atoms with Crippen molar-refractivity contribution in [1.82, 2.24) is 4.98 Å². The Morgan fingerprint density at radius 2 is 2.14 bits per heavy atom. The number of esters is 1. The van der Waals surface area contributed by atoms with Gasteiger partial charge in [0.1, 0.15) is 11.4 Å². The lowest BCUT2D eigenvalue weighted by atomic mass is 10.2. The lowest BCUT2D eigenvalue weighted by molar-refractivity contribution is -0.129. The number of carbonyl (C=O) groups is 1. The van der Waals surface area contributed by atoms with Crippen LogP contribution >= 0.6 is 11.6 Å². The Balaban J connectivity index is 1.92. The first-order valence-corrected chi connectivity index (χ1v) is 6.82. The number of methoxy groups -OCH3 is 1. The highest BCUT2D eigenvalue weighted by atomic mass is 35.5. The fourth-order valence-corrected chi connectivity index (χ4v) is 2.20. The summed E-state index contributed by atoms with van der Waals surface area (Å²) in [6.45, 7) is 0. The van der Waals surface area contributed by atoms with Crippen LogP contribution in [0.25, 0.3) is 6.08 Å². The molecule has 0 unspecified atom stereocenters. The molecule has 0 spiro atoms. The van der Waals surface area contributed by atoms with Gasteiger partial charge in [-0.3, -0.25) is 4.98 Å². The third kappa shape index (κ3) is 2.84. The fourth-order valence-electron chi connectivity index (χ4n) is 1.94. The molecule has 0 saturated heterocycles. The Kier molecular flexibility index (Phi) is 3.89. The Labute approximate surface area is 131 Å². The van der Waals surface area contributed by atoms with Crippen molar-refractivity contribution in [3.05, 3.63) is 64.6 Å². The van der Waals surface area contributed by atoms with Crippen LogP contribution < -0.4 is 4.74 Å². The van der Waals surface area contributed by atoms with Crippen LogP contribution in [-0.4, -0.2) is 24.0 Å². The quantitative estimate of drug-likeness (QED) is 0.645. The number of hydrogen-bond acceptors (Lipinski definition) is 5. The molecule has 1 aromatic carbocycles. The first-order chi connectivity index (χ1) is 10.7. The van der Waals surface area contributed by atoms with Gasteiger partial charge >= 0.3 is 5.97 Å². The molecule has 5 nitrogen and oxygen atoms in total. The Bertz CT molecular complexity index is 785. The molecule has 2 heterocycles. The molecule has 0 fully saturated rings. The second-order valence-corrected chi connectivity index (χ2v) is 4.85. The van der Waals surface area contributed by atoms with Crippen LogP contribution in [0.2, 0.25) is 5.02 Å². The molecule has 0 bridgehead atoms. The molecule has 2 aromatic rings. The molecule has 0 N–H and O–H groups in total. The molecule has 6 heteroatoms. The predicted molar refractivity (Wildman–Crippen MR) is 82.8 cm³/mol. The number of halogens is 1. The van der Waals surface area contributed by atoms with Gasteiger partial charge in [-0.15, -0.1) is 0 Å². The fraction of sp³-hybridized carbons (Fsp3) is 0.0625. The van der Waals surface area contributed by atoms with Crippen molar-refractivity contribution in [2.24, 2.45) is 4.99 Å². The first kappa shape index (κ1) is 14.3. The summed E-state index contributed by atoms with van der Waals surface area (Å²) in [6.07, 6.45) is 3.21. The van der Waals surface area contributed by atoms with Crippen LogP contribution in [0.1, 0.15) is 11.3 Å². The highest BCUT2D eigenvalue weighted by molar-refractivity contribution is 6.32. The minimum Gasteiger partial charge on any atom is -0.495 e. The van der Waals surface area contributed by atoms with Crippen LogP contribution in [0, 0.1) is 0 Å². The van der Waals surface area contributed by atoms with Crippen molar-refractivity contribution in [3.63, 3.8) is 0 Å². The number of rotatable bonds is 3. The largest absolute Gasteiger partial charge is 0.495 e. The summed E-state index contributed by atoms with van der Waals surface area (Å²) >= 11 is 6.06. The molecule has 3 rings (SSSR count). The second kappa shape index (κ2) is 5.99. The van der Waals surface area contributed by atoms with E-state index in [-0.39, 0.29) is 11.6 Å². The number of pyridine rings is 1. The van der Waals surface area contributed by atoms with Crippen LogP contribution in [0.3, 0.4) is 0 Å². The number of aromatic nitrogens is 1. The van der Waals surface area contributed by atoms with Gasteiger partial charge in [-0.2, -0.15) is 0 Å². The third-order valence-corrected chi connectivity index (χ3v) is 3.28. The van der Waals surface area contributed by atoms with Gasteiger partial charge in [-0.1, -0.05) is 23.7 Å². The maximum Gasteiger partial charge on any atom is 0.363 e. The maximum absolute atomic E-state index is 11.9. The van der Waals surface area contributed by atoms with E-state index in [1.54, 1.807) is 48.7 Å². The van der Waals surface area contributed by atoms with Gasteiger partial charge in [0.2, 0.25) is 5.90 Å². The van der Waals surface area contributed by atoms with E-state index in [4.69, 9.17) is 21.1 Å². The summed E-state index contributed by atoms with van der Waals surface area (Å²) in [6, 6.07) is 10.5. The van der Waals surface area contributed by atoms with E-state index in [0.717, 1.165) is 5.56 Å². The lowest BCUT2D eigenvalue weighted by Gasteiger charge is -2.03. The topological polar surface area (TPSA) is 60.8 Å². The van der Waals surface area contributed by atoms with Crippen LogP contribution in [0.4, 0.5) is 0 Å². The second-order valence-electron chi connectivity index (χ2n) is 4.45. The summed E-state index contributed by atoms with van der Waals surface area (Å²) in [5.74, 6) is 0.236. The zero-order valence-corrected chi connectivity index (χ0v) is 12.4. The molecule has 1 aliphatic rings. The van der Waals surface area contributed by atoms with Gasteiger partial charge in [0.15, 0.2) is 5.70 Å². The highest BCUT2D eigenvalue weighted by Gasteiger charge is 2.24. The zero-order chi connectivity index (χ0) is 15.5. The Morgan fingerprint density at radius 3 is 2.82 bits per heavy atom. The number of hydrogen-bond donors (Lipinski definition) is 0. The summed E-state index contributed by atoms with van der Waals surface area (Å²) < 4.78 is 10.2. The molecule has 0 radical (unpaired) electrons. The normalized spacial score (nSPS) is 15.6.